The van der Waals surface area contributed by atoms with Crippen molar-refractivity contribution in [3.63, 3.8) is 0 Å². The first-order chi connectivity index (χ1) is 8.49. The minimum Gasteiger partial charge on any atom is -0.311 e. The minimum absolute atomic E-state index is 0.465. The molecule has 2 unspecified atom stereocenters. The molecule has 0 heterocycles. The van der Waals surface area contributed by atoms with Gasteiger partial charge < -0.3 is 5.32 Å². The van der Waals surface area contributed by atoms with Gasteiger partial charge in [0.2, 0.25) is 0 Å². The monoisotopic (exact) mass is 267 g/mol. The molecule has 102 valence electrons. The van der Waals surface area contributed by atoms with Crippen molar-refractivity contribution in [1.82, 2.24) is 5.32 Å². The van der Waals surface area contributed by atoms with Crippen molar-refractivity contribution in [3.05, 3.63) is 34.9 Å². The number of hydrogen-bond acceptors (Lipinski definition) is 1. The highest BCUT2D eigenvalue weighted by molar-refractivity contribution is 6.31. The lowest BCUT2D eigenvalue weighted by molar-refractivity contribution is 0.410. The topological polar surface area (TPSA) is 12.0 Å². The largest absolute Gasteiger partial charge is 0.311 e. The first-order valence-electron chi connectivity index (χ1n) is 6.98. The van der Waals surface area contributed by atoms with E-state index in [0.29, 0.717) is 12.1 Å². The summed E-state index contributed by atoms with van der Waals surface area (Å²) in [5, 5.41) is 4.53. The summed E-state index contributed by atoms with van der Waals surface area (Å²) in [7, 11) is 0. The summed E-state index contributed by atoms with van der Waals surface area (Å²) in [6, 6.07) is 9.15. The van der Waals surface area contributed by atoms with Gasteiger partial charge in [-0.3, -0.25) is 0 Å². The Labute approximate surface area is 117 Å². The highest BCUT2D eigenvalue weighted by Gasteiger charge is 2.10. The fourth-order valence-electron chi connectivity index (χ4n) is 2.21. The van der Waals surface area contributed by atoms with Crippen LogP contribution < -0.4 is 5.32 Å². The van der Waals surface area contributed by atoms with Crippen LogP contribution >= 0.6 is 11.6 Å². The summed E-state index contributed by atoms with van der Waals surface area (Å²) in [6.07, 6.45) is 3.52. The summed E-state index contributed by atoms with van der Waals surface area (Å²) >= 11 is 6.18. The van der Waals surface area contributed by atoms with E-state index in [1.807, 2.05) is 12.1 Å². The third-order valence-electron chi connectivity index (χ3n) is 3.23. The molecular weight excluding hydrogens is 242 g/mol. The lowest BCUT2D eigenvalue weighted by atomic mass is 10.0. The zero-order chi connectivity index (χ0) is 13.5. The van der Waals surface area contributed by atoms with E-state index in [1.165, 1.54) is 18.4 Å². The molecule has 0 aliphatic heterocycles. The van der Waals surface area contributed by atoms with E-state index >= 15 is 0 Å². The summed E-state index contributed by atoms with van der Waals surface area (Å²) in [5.41, 5.74) is 1.23. The van der Waals surface area contributed by atoms with Gasteiger partial charge in [0.15, 0.2) is 0 Å². The summed E-state index contributed by atoms with van der Waals surface area (Å²) < 4.78 is 0. The first-order valence-corrected chi connectivity index (χ1v) is 7.36. The van der Waals surface area contributed by atoms with Crippen LogP contribution in [-0.4, -0.2) is 12.1 Å². The summed E-state index contributed by atoms with van der Waals surface area (Å²) in [5.74, 6) is 0.785. The van der Waals surface area contributed by atoms with Crippen LogP contribution in [0.4, 0.5) is 0 Å². The van der Waals surface area contributed by atoms with Gasteiger partial charge in [0.05, 0.1) is 0 Å². The average molecular weight is 268 g/mol. The van der Waals surface area contributed by atoms with Crippen molar-refractivity contribution in [1.29, 1.82) is 0 Å². The molecule has 18 heavy (non-hydrogen) atoms. The van der Waals surface area contributed by atoms with Crippen molar-refractivity contribution >= 4 is 11.6 Å². The van der Waals surface area contributed by atoms with Crippen LogP contribution in [0.15, 0.2) is 24.3 Å². The average Bonchev–Trinajstić information content (AvgIpc) is 2.29. The van der Waals surface area contributed by atoms with Crippen LogP contribution in [-0.2, 0) is 6.42 Å². The van der Waals surface area contributed by atoms with E-state index in [2.05, 4.69) is 45.1 Å². The van der Waals surface area contributed by atoms with Crippen LogP contribution in [0.3, 0.4) is 0 Å². The zero-order valence-corrected chi connectivity index (χ0v) is 12.8. The van der Waals surface area contributed by atoms with Gasteiger partial charge in [-0.25, -0.2) is 0 Å². The van der Waals surface area contributed by atoms with Crippen LogP contribution in [0.2, 0.25) is 5.02 Å². The molecule has 1 rings (SSSR count). The van der Waals surface area contributed by atoms with Gasteiger partial charge in [-0.2, -0.15) is 0 Å². The Bertz CT molecular complexity index is 349. The third-order valence-corrected chi connectivity index (χ3v) is 3.60. The second kappa shape index (κ2) is 7.81. The van der Waals surface area contributed by atoms with E-state index < -0.39 is 0 Å². The van der Waals surface area contributed by atoms with Gasteiger partial charge in [-0.05, 0) is 50.7 Å². The normalized spacial score (nSPS) is 14.8. The fourth-order valence-corrected chi connectivity index (χ4v) is 2.42. The maximum absolute atomic E-state index is 6.18. The van der Waals surface area contributed by atoms with Gasteiger partial charge in [-0.15, -0.1) is 0 Å². The molecule has 2 heteroatoms. The minimum atomic E-state index is 0.465. The van der Waals surface area contributed by atoms with Crippen molar-refractivity contribution < 1.29 is 0 Å². The van der Waals surface area contributed by atoms with Gasteiger partial charge in [0.1, 0.15) is 0 Å². The fraction of sp³-hybridized carbons (Fsp3) is 0.625. The highest BCUT2D eigenvalue weighted by Crippen LogP contribution is 2.17. The Kier molecular flexibility index (Phi) is 6.73. The smallest absolute Gasteiger partial charge is 0.0438 e. The van der Waals surface area contributed by atoms with E-state index in [0.717, 1.165) is 17.4 Å². The summed E-state index contributed by atoms with van der Waals surface area (Å²) in [6.45, 7) is 9.06. The zero-order valence-electron chi connectivity index (χ0n) is 12.0. The Morgan fingerprint density at radius 3 is 2.28 bits per heavy atom. The van der Waals surface area contributed by atoms with Gasteiger partial charge in [0.25, 0.3) is 0 Å². The SMILES string of the molecule is CC(C)CCC(C)NC(C)Cc1ccccc1Cl. The molecule has 0 aliphatic rings. The molecule has 1 nitrogen and oxygen atoms in total. The molecule has 1 aromatic carbocycles. The number of hydrogen-bond donors (Lipinski definition) is 1. The molecule has 0 fully saturated rings. The Hall–Kier alpha value is -0.530. The van der Waals surface area contributed by atoms with Crippen molar-refractivity contribution in [3.8, 4) is 0 Å². The molecule has 0 spiro atoms. The number of rotatable bonds is 7. The lowest BCUT2D eigenvalue weighted by Crippen LogP contribution is -2.36. The molecule has 1 aromatic rings. The second-order valence-electron chi connectivity index (χ2n) is 5.74. The van der Waals surface area contributed by atoms with Crippen LogP contribution in [0.5, 0.6) is 0 Å². The molecular formula is C16H26ClN. The van der Waals surface area contributed by atoms with E-state index in [4.69, 9.17) is 11.6 Å². The molecule has 0 amide bonds. The molecule has 0 radical (unpaired) electrons. The summed E-state index contributed by atoms with van der Waals surface area (Å²) in [4.78, 5) is 0. The standard InChI is InChI=1S/C16H26ClN/c1-12(2)9-10-13(3)18-14(4)11-15-7-5-6-8-16(15)17/h5-8,12-14,18H,9-11H2,1-4H3. The molecule has 0 aromatic heterocycles. The van der Waals surface area contributed by atoms with Crippen molar-refractivity contribution in [2.75, 3.05) is 0 Å². The van der Waals surface area contributed by atoms with Crippen molar-refractivity contribution in [2.45, 2.75) is 59.0 Å². The van der Waals surface area contributed by atoms with Crippen LogP contribution in [0.1, 0.15) is 46.1 Å². The maximum Gasteiger partial charge on any atom is 0.0438 e. The molecule has 2 atom stereocenters. The molecule has 0 aliphatic carbocycles. The molecule has 1 N–H and O–H groups in total. The van der Waals surface area contributed by atoms with Crippen molar-refractivity contribution in [2.24, 2.45) is 5.92 Å². The number of benzene rings is 1. The van der Waals surface area contributed by atoms with Crippen LogP contribution in [0, 0.1) is 5.92 Å². The van der Waals surface area contributed by atoms with Gasteiger partial charge >= 0.3 is 0 Å². The van der Waals surface area contributed by atoms with E-state index in [1.54, 1.807) is 0 Å². The Morgan fingerprint density at radius 1 is 1.00 bits per heavy atom. The third kappa shape index (κ3) is 5.88. The number of halogens is 1. The van der Waals surface area contributed by atoms with E-state index in [-0.39, 0.29) is 0 Å². The second-order valence-corrected chi connectivity index (χ2v) is 6.14. The molecule has 0 saturated heterocycles. The Balaban J connectivity index is 2.37. The molecule has 0 bridgehead atoms. The molecule has 0 saturated carbocycles. The highest BCUT2D eigenvalue weighted by atomic mass is 35.5. The quantitative estimate of drug-likeness (QED) is 0.756. The predicted molar refractivity (Wildman–Crippen MR) is 81.3 cm³/mol. The van der Waals surface area contributed by atoms with Gasteiger partial charge in [-0.1, -0.05) is 43.6 Å². The first kappa shape index (κ1) is 15.5. The van der Waals surface area contributed by atoms with Gasteiger partial charge in [0, 0.05) is 17.1 Å². The lowest BCUT2D eigenvalue weighted by Gasteiger charge is -2.21. The number of nitrogens with one attached hydrogen (secondary N) is 1. The van der Waals surface area contributed by atoms with Crippen LogP contribution in [0.25, 0.3) is 0 Å². The maximum atomic E-state index is 6.18. The Morgan fingerprint density at radius 2 is 1.67 bits per heavy atom. The predicted octanol–water partition coefficient (Wildman–Crippen LogP) is 4.69. The van der Waals surface area contributed by atoms with E-state index in [9.17, 15) is 0 Å².